The molecule has 0 spiro atoms. The van der Waals surface area contributed by atoms with E-state index in [1.54, 1.807) is 0 Å². The summed E-state index contributed by atoms with van der Waals surface area (Å²) in [4.78, 5) is 31.0. The minimum Gasteiger partial charge on any atom is -0.420 e. The van der Waals surface area contributed by atoms with Crippen LogP contribution in [0.25, 0.3) is 0 Å². The van der Waals surface area contributed by atoms with Gasteiger partial charge in [-0.1, -0.05) is 11.6 Å². The number of ether oxygens (including phenoxy) is 1. The summed E-state index contributed by atoms with van der Waals surface area (Å²) in [6.07, 6.45) is 0.758. The third-order valence-electron chi connectivity index (χ3n) is 5.94. The van der Waals surface area contributed by atoms with E-state index in [0.717, 1.165) is 49.6 Å². The minimum absolute atomic E-state index is 0.0793. The molecule has 1 saturated carbocycles. The molecule has 1 aromatic heterocycles. The molecule has 2 atom stereocenters. The standard InChI is InChI=1S/C23H21Cl2F6N3O3/c1-21(13-10-14(26)12-32-11-13,20(36)33-15-6-8-22(28,29)9-7-15)34(19(35)18(24)27)16-2-4-17(5-3-16)37-23(25,30)31/h2-5,10-12,15,18H,6-9H2,1H3,(H,33,36)/t18-,21+/m0/s1. The van der Waals surface area contributed by atoms with Crippen LogP contribution in [0.2, 0.25) is 0 Å². The summed E-state index contributed by atoms with van der Waals surface area (Å²) in [6, 6.07) is 4.21. The van der Waals surface area contributed by atoms with Crippen LogP contribution >= 0.6 is 23.2 Å². The van der Waals surface area contributed by atoms with Crippen molar-refractivity contribution < 1.29 is 40.7 Å². The normalized spacial score (nSPS) is 18.4. The van der Waals surface area contributed by atoms with Gasteiger partial charge in [0.25, 0.3) is 17.4 Å². The van der Waals surface area contributed by atoms with Gasteiger partial charge in [-0.15, -0.1) is 8.78 Å². The number of aromatic nitrogens is 1. The molecule has 3 rings (SSSR count). The van der Waals surface area contributed by atoms with Crippen LogP contribution in [0.15, 0.2) is 42.7 Å². The van der Waals surface area contributed by atoms with Crippen LogP contribution in [0.3, 0.4) is 0 Å². The van der Waals surface area contributed by atoms with E-state index < -0.39 is 64.9 Å². The van der Waals surface area contributed by atoms with Gasteiger partial charge in [-0.2, -0.15) is 0 Å². The fraction of sp³-hybridized carbons (Fsp3) is 0.435. The van der Waals surface area contributed by atoms with Gasteiger partial charge in [0.2, 0.25) is 5.92 Å². The number of nitrogens with zero attached hydrogens (tertiary/aromatic N) is 2. The molecule has 1 fully saturated rings. The summed E-state index contributed by atoms with van der Waals surface area (Å²) in [6.45, 7) is 1.16. The molecule has 1 aliphatic rings. The summed E-state index contributed by atoms with van der Waals surface area (Å²) in [5.41, 5.74) is -9.36. The smallest absolute Gasteiger partial charge is 0.420 e. The fourth-order valence-corrected chi connectivity index (χ4v) is 4.24. The second kappa shape index (κ2) is 10.9. The first kappa shape index (κ1) is 28.8. The van der Waals surface area contributed by atoms with Crippen molar-refractivity contribution in [1.29, 1.82) is 0 Å². The summed E-state index contributed by atoms with van der Waals surface area (Å²) < 4.78 is 85.8. The SMILES string of the molecule is C[C@](C(=O)NC1CCC(F)(F)CC1)(c1cncc(F)c1)N(C(=O)[C@H](F)Cl)c1ccc(OC(F)(F)Cl)cc1. The van der Waals surface area contributed by atoms with Gasteiger partial charge in [-0.05, 0) is 50.1 Å². The highest BCUT2D eigenvalue weighted by atomic mass is 35.5. The van der Waals surface area contributed by atoms with Gasteiger partial charge in [0.1, 0.15) is 11.6 Å². The molecule has 1 aliphatic carbocycles. The Kier molecular flexibility index (Phi) is 8.53. The van der Waals surface area contributed by atoms with Crippen molar-refractivity contribution in [1.82, 2.24) is 10.3 Å². The number of carbonyl (C=O) groups is 2. The number of pyridine rings is 1. The minimum atomic E-state index is -4.05. The molecule has 2 aromatic rings. The highest BCUT2D eigenvalue weighted by Crippen LogP contribution is 2.38. The van der Waals surface area contributed by atoms with Crippen molar-refractivity contribution >= 4 is 40.7 Å². The predicted octanol–water partition coefficient (Wildman–Crippen LogP) is 5.87. The third-order valence-corrected chi connectivity index (χ3v) is 6.21. The van der Waals surface area contributed by atoms with Gasteiger partial charge in [-0.25, -0.2) is 17.6 Å². The Labute approximate surface area is 217 Å². The van der Waals surface area contributed by atoms with E-state index in [2.05, 4.69) is 15.0 Å². The Morgan fingerprint density at radius 1 is 1.19 bits per heavy atom. The number of amides is 2. The van der Waals surface area contributed by atoms with E-state index in [0.29, 0.717) is 4.90 Å². The Morgan fingerprint density at radius 2 is 1.78 bits per heavy atom. The number of anilines is 1. The predicted molar refractivity (Wildman–Crippen MR) is 123 cm³/mol. The van der Waals surface area contributed by atoms with Crippen molar-refractivity contribution in [2.45, 2.75) is 61.3 Å². The molecule has 1 aromatic carbocycles. The molecule has 2 amide bonds. The van der Waals surface area contributed by atoms with Gasteiger partial charge in [-0.3, -0.25) is 19.5 Å². The highest BCUT2D eigenvalue weighted by Gasteiger charge is 2.48. The second-order valence-corrected chi connectivity index (χ2v) is 9.41. The average Bonchev–Trinajstić information content (AvgIpc) is 2.80. The molecule has 1 N–H and O–H groups in total. The Morgan fingerprint density at radius 3 is 2.30 bits per heavy atom. The van der Waals surface area contributed by atoms with Crippen LogP contribution < -0.4 is 15.0 Å². The molecule has 6 nitrogen and oxygen atoms in total. The topological polar surface area (TPSA) is 71.5 Å². The zero-order valence-corrected chi connectivity index (χ0v) is 20.7. The summed E-state index contributed by atoms with van der Waals surface area (Å²) in [5.74, 6) is -6.62. The van der Waals surface area contributed by atoms with E-state index in [-0.39, 0.29) is 24.1 Å². The van der Waals surface area contributed by atoms with Crippen molar-refractivity contribution in [2.24, 2.45) is 0 Å². The average molecular weight is 572 g/mol. The molecule has 0 aliphatic heterocycles. The maximum atomic E-state index is 14.2. The third kappa shape index (κ3) is 6.98. The first-order chi connectivity index (χ1) is 17.1. The van der Waals surface area contributed by atoms with Crippen molar-refractivity contribution in [2.75, 3.05) is 4.90 Å². The number of hydrogen-bond acceptors (Lipinski definition) is 4. The van der Waals surface area contributed by atoms with E-state index in [4.69, 9.17) is 23.2 Å². The first-order valence-corrected chi connectivity index (χ1v) is 11.7. The van der Waals surface area contributed by atoms with Crippen LogP contribution in [0, 0.1) is 5.82 Å². The summed E-state index contributed by atoms with van der Waals surface area (Å²) >= 11 is 10.2. The van der Waals surface area contributed by atoms with Gasteiger partial charge in [0, 0.05) is 47.9 Å². The molecule has 1 heterocycles. The molecule has 14 heteroatoms. The van der Waals surface area contributed by atoms with Gasteiger partial charge in [0.05, 0.1) is 6.20 Å². The zero-order valence-electron chi connectivity index (χ0n) is 19.2. The first-order valence-electron chi connectivity index (χ1n) is 10.9. The molecule has 0 saturated heterocycles. The van der Waals surface area contributed by atoms with E-state index >= 15 is 0 Å². The second-order valence-electron chi connectivity index (χ2n) is 8.58. The Bertz CT molecular complexity index is 1120. The highest BCUT2D eigenvalue weighted by molar-refractivity contribution is 6.32. The number of nitrogens with one attached hydrogen (secondary N) is 1. The van der Waals surface area contributed by atoms with Gasteiger partial charge < -0.3 is 10.1 Å². The lowest BCUT2D eigenvalue weighted by Crippen LogP contribution is -2.60. The van der Waals surface area contributed by atoms with Crippen molar-refractivity contribution in [3.8, 4) is 5.75 Å². The molecule has 0 bridgehead atoms. The fourth-order valence-electron chi connectivity index (χ4n) is 4.05. The van der Waals surface area contributed by atoms with Gasteiger partial charge in [0.15, 0.2) is 5.54 Å². The largest absolute Gasteiger partial charge is 0.487 e. The van der Waals surface area contributed by atoms with E-state index in [9.17, 15) is 35.9 Å². The molecule has 0 radical (unpaired) electrons. The lowest BCUT2D eigenvalue weighted by atomic mass is 9.87. The number of hydrogen-bond donors (Lipinski definition) is 1. The molecule has 0 unspecified atom stereocenters. The quantitative estimate of drug-likeness (QED) is 0.318. The number of rotatable bonds is 8. The van der Waals surface area contributed by atoms with Crippen molar-refractivity contribution in [3.05, 3.63) is 54.1 Å². The van der Waals surface area contributed by atoms with E-state index in [1.165, 1.54) is 0 Å². The molecule has 202 valence electrons. The Hall–Kier alpha value is -2.73. The summed E-state index contributed by atoms with van der Waals surface area (Å²) in [7, 11) is 0. The van der Waals surface area contributed by atoms with Crippen LogP contribution in [0.4, 0.5) is 32.0 Å². The van der Waals surface area contributed by atoms with Crippen LogP contribution in [-0.4, -0.2) is 40.0 Å². The maximum absolute atomic E-state index is 14.2. The lowest BCUT2D eigenvalue weighted by molar-refractivity contribution is -0.132. The summed E-state index contributed by atoms with van der Waals surface area (Å²) in [5, 5.41) is 2.58. The number of halogens is 8. The number of carbonyl (C=O) groups excluding carboxylic acids is 2. The lowest BCUT2D eigenvalue weighted by Gasteiger charge is -2.41. The van der Waals surface area contributed by atoms with Crippen molar-refractivity contribution in [3.63, 3.8) is 0 Å². The van der Waals surface area contributed by atoms with Crippen LogP contribution in [-0.2, 0) is 15.1 Å². The zero-order chi connectivity index (χ0) is 27.6. The molecular weight excluding hydrogens is 551 g/mol. The van der Waals surface area contributed by atoms with Gasteiger partial charge >= 0.3 is 5.57 Å². The maximum Gasteiger partial charge on any atom is 0.487 e. The number of benzene rings is 1. The van der Waals surface area contributed by atoms with Crippen LogP contribution in [0.5, 0.6) is 5.75 Å². The van der Waals surface area contributed by atoms with E-state index in [1.807, 2.05) is 0 Å². The molecule has 37 heavy (non-hydrogen) atoms. The number of alkyl halides is 7. The monoisotopic (exact) mass is 571 g/mol. The van der Waals surface area contributed by atoms with Crippen LogP contribution in [0.1, 0.15) is 38.2 Å². The molecular formula is C23H21Cl2F6N3O3. The Balaban J connectivity index is 2.08.